The van der Waals surface area contributed by atoms with Crippen molar-refractivity contribution in [3.8, 4) is 6.07 Å². The van der Waals surface area contributed by atoms with Crippen LogP contribution in [0.1, 0.15) is 55.7 Å². The quantitative estimate of drug-likeness (QED) is 0.287. The molecular formula is C31H26ClF3IN5O3. The third-order valence-electron chi connectivity index (χ3n) is 7.81. The Kier molecular flexibility index (Phi) is 9.45. The number of aromatic nitrogens is 1. The fraction of sp³-hybridized carbons (Fsp3) is 0.323. The van der Waals surface area contributed by atoms with Crippen molar-refractivity contribution >= 4 is 63.4 Å². The standard InChI is InChI=1S/C31H26ClF3IN5O3/c32-23-7-2-1-6-22(23)27(29(43)39-20-10-13-31(34,35)14-11-20)40(21-5-3-4-19(36)16-21)30(44)24-8-9-25(42)41(24)28-26(33)18(17-37)12-15-38-28/h1-7,12,15-16,20,24,27H,8-11,13-14H2,(H,39,43)/t24?,27-/m0/s1. The SMILES string of the molecule is N#Cc1ccnc(N2C(=O)CCC2C(=O)N(c2cccc(I)c2)[C@H](C(=O)NC2CCC(F)(F)CC2)c2ccccc2Cl)c1F. The van der Waals surface area contributed by atoms with Gasteiger partial charge in [-0.3, -0.25) is 24.2 Å². The molecular weight excluding hydrogens is 710 g/mol. The number of hydrogen-bond acceptors (Lipinski definition) is 5. The number of benzene rings is 2. The van der Waals surface area contributed by atoms with Crippen molar-refractivity contribution in [2.24, 2.45) is 0 Å². The number of nitrogens with zero attached hydrogens (tertiary/aromatic N) is 4. The van der Waals surface area contributed by atoms with E-state index in [1.54, 1.807) is 54.6 Å². The Morgan fingerprint density at radius 1 is 1.14 bits per heavy atom. The van der Waals surface area contributed by atoms with Gasteiger partial charge in [0.05, 0.1) is 5.56 Å². The zero-order valence-corrected chi connectivity index (χ0v) is 26.1. The maximum absolute atomic E-state index is 15.3. The van der Waals surface area contributed by atoms with E-state index in [-0.39, 0.29) is 54.7 Å². The van der Waals surface area contributed by atoms with Gasteiger partial charge in [0, 0.05) is 51.3 Å². The smallest absolute Gasteiger partial charge is 0.251 e. The molecule has 1 aliphatic heterocycles. The van der Waals surface area contributed by atoms with E-state index in [9.17, 15) is 28.4 Å². The summed E-state index contributed by atoms with van der Waals surface area (Å²) >= 11 is 8.66. The molecule has 2 heterocycles. The molecule has 3 amide bonds. The van der Waals surface area contributed by atoms with Crippen LogP contribution in [0, 0.1) is 20.7 Å². The van der Waals surface area contributed by atoms with Crippen LogP contribution in [-0.2, 0) is 14.4 Å². The van der Waals surface area contributed by atoms with Crippen molar-refractivity contribution in [3.05, 3.63) is 86.3 Å². The molecule has 1 unspecified atom stereocenters. The molecule has 2 atom stereocenters. The van der Waals surface area contributed by atoms with E-state index in [0.29, 0.717) is 5.69 Å². The van der Waals surface area contributed by atoms with Crippen molar-refractivity contribution in [1.82, 2.24) is 10.3 Å². The molecule has 1 aliphatic carbocycles. The number of carbonyl (C=O) groups is 3. The molecule has 0 spiro atoms. The van der Waals surface area contributed by atoms with Gasteiger partial charge < -0.3 is 5.32 Å². The predicted octanol–water partition coefficient (Wildman–Crippen LogP) is 6.31. The minimum Gasteiger partial charge on any atom is -0.351 e. The topological polar surface area (TPSA) is 106 Å². The number of pyridine rings is 1. The number of carbonyl (C=O) groups excluding carboxylic acids is 3. The minimum atomic E-state index is -2.81. The van der Waals surface area contributed by atoms with Gasteiger partial charge in [0.1, 0.15) is 18.2 Å². The second-order valence-electron chi connectivity index (χ2n) is 10.7. The Hall–Kier alpha value is -3.70. The van der Waals surface area contributed by atoms with E-state index >= 15 is 4.39 Å². The van der Waals surface area contributed by atoms with Gasteiger partial charge in [0.25, 0.3) is 5.91 Å². The van der Waals surface area contributed by atoms with E-state index in [2.05, 4.69) is 32.9 Å². The van der Waals surface area contributed by atoms with Crippen LogP contribution in [0.4, 0.5) is 24.7 Å². The van der Waals surface area contributed by atoms with Crippen molar-refractivity contribution in [1.29, 1.82) is 5.26 Å². The van der Waals surface area contributed by atoms with Crippen molar-refractivity contribution in [3.63, 3.8) is 0 Å². The lowest BCUT2D eigenvalue weighted by atomic mass is 9.91. The molecule has 0 bridgehead atoms. The van der Waals surface area contributed by atoms with E-state index in [1.807, 2.05) is 0 Å². The summed E-state index contributed by atoms with van der Waals surface area (Å²) in [5.74, 6) is -6.25. The molecule has 2 fully saturated rings. The number of anilines is 2. The average Bonchev–Trinajstić information content (AvgIpc) is 3.38. The van der Waals surface area contributed by atoms with Crippen LogP contribution in [0.15, 0.2) is 60.8 Å². The number of hydrogen-bond donors (Lipinski definition) is 1. The van der Waals surface area contributed by atoms with Crippen molar-refractivity contribution in [2.75, 3.05) is 9.80 Å². The summed E-state index contributed by atoms with van der Waals surface area (Å²) in [6.45, 7) is 0. The Morgan fingerprint density at radius 2 is 1.86 bits per heavy atom. The van der Waals surface area contributed by atoms with Crippen molar-refractivity contribution in [2.45, 2.75) is 62.6 Å². The highest BCUT2D eigenvalue weighted by Crippen LogP contribution is 2.38. The fourth-order valence-electron chi connectivity index (χ4n) is 5.62. The van der Waals surface area contributed by atoms with E-state index in [0.717, 1.165) is 14.5 Å². The Morgan fingerprint density at radius 3 is 2.55 bits per heavy atom. The minimum absolute atomic E-state index is 0.00936. The lowest BCUT2D eigenvalue weighted by Gasteiger charge is -2.37. The number of rotatable bonds is 7. The molecule has 0 radical (unpaired) electrons. The summed E-state index contributed by atoms with van der Waals surface area (Å²) in [6, 6.07) is 12.9. The third-order valence-corrected chi connectivity index (χ3v) is 8.83. The molecule has 228 valence electrons. The number of nitrogens with one attached hydrogen (secondary N) is 1. The average molecular weight is 736 g/mol. The second-order valence-corrected chi connectivity index (χ2v) is 12.3. The zero-order valence-electron chi connectivity index (χ0n) is 23.2. The molecule has 1 N–H and O–H groups in total. The van der Waals surface area contributed by atoms with Gasteiger partial charge in [-0.1, -0.05) is 35.9 Å². The van der Waals surface area contributed by atoms with Gasteiger partial charge in [-0.2, -0.15) is 5.26 Å². The van der Waals surface area contributed by atoms with Gasteiger partial charge in [0.2, 0.25) is 17.7 Å². The first-order valence-electron chi connectivity index (χ1n) is 13.9. The summed E-state index contributed by atoms with van der Waals surface area (Å²) in [6.07, 6.45) is 0.404. The summed E-state index contributed by atoms with van der Waals surface area (Å²) in [4.78, 5) is 48.0. The number of nitriles is 1. The Balaban J connectivity index is 1.61. The van der Waals surface area contributed by atoms with Gasteiger partial charge >= 0.3 is 0 Å². The first-order valence-corrected chi connectivity index (χ1v) is 15.3. The molecule has 5 rings (SSSR count). The molecule has 1 aromatic heterocycles. The second kappa shape index (κ2) is 13.1. The summed E-state index contributed by atoms with van der Waals surface area (Å²) < 4.78 is 43.8. The molecule has 3 aromatic rings. The fourth-order valence-corrected chi connectivity index (χ4v) is 6.39. The summed E-state index contributed by atoms with van der Waals surface area (Å²) in [7, 11) is 0. The van der Waals surface area contributed by atoms with Crippen LogP contribution in [0.5, 0.6) is 0 Å². The van der Waals surface area contributed by atoms with E-state index in [1.165, 1.54) is 11.1 Å². The van der Waals surface area contributed by atoms with Crippen LogP contribution < -0.4 is 15.1 Å². The van der Waals surface area contributed by atoms with E-state index in [4.69, 9.17) is 11.6 Å². The zero-order chi connectivity index (χ0) is 31.6. The highest BCUT2D eigenvalue weighted by molar-refractivity contribution is 14.1. The molecule has 1 saturated carbocycles. The van der Waals surface area contributed by atoms with Gasteiger partial charge in [0.15, 0.2) is 11.6 Å². The highest BCUT2D eigenvalue weighted by atomic mass is 127. The monoisotopic (exact) mass is 735 g/mol. The normalized spacial score (nSPS) is 18.9. The first kappa shape index (κ1) is 31.7. The molecule has 2 aliphatic rings. The lowest BCUT2D eigenvalue weighted by molar-refractivity contribution is -0.128. The first-order chi connectivity index (χ1) is 21.0. The summed E-state index contributed by atoms with van der Waals surface area (Å²) in [5, 5.41) is 12.4. The summed E-state index contributed by atoms with van der Waals surface area (Å²) in [5.41, 5.74) is 0.226. The van der Waals surface area contributed by atoms with Crippen LogP contribution >= 0.6 is 34.2 Å². The van der Waals surface area contributed by atoms with Crippen LogP contribution in [0.2, 0.25) is 5.02 Å². The Labute approximate surface area is 270 Å². The van der Waals surface area contributed by atoms with Crippen molar-refractivity contribution < 1.29 is 27.6 Å². The largest absolute Gasteiger partial charge is 0.351 e. The third kappa shape index (κ3) is 6.53. The molecule has 13 heteroatoms. The van der Waals surface area contributed by atoms with Gasteiger partial charge in [-0.25, -0.2) is 18.2 Å². The molecule has 44 heavy (non-hydrogen) atoms. The molecule has 1 saturated heterocycles. The number of amides is 3. The predicted molar refractivity (Wildman–Crippen MR) is 166 cm³/mol. The lowest BCUT2D eigenvalue weighted by Crippen LogP contribution is -2.53. The van der Waals surface area contributed by atoms with Gasteiger partial charge in [-0.05, 0) is 72.2 Å². The van der Waals surface area contributed by atoms with Gasteiger partial charge in [-0.15, -0.1) is 0 Å². The maximum atomic E-state index is 15.3. The van der Waals surface area contributed by atoms with E-state index < -0.39 is 53.4 Å². The maximum Gasteiger partial charge on any atom is 0.251 e. The number of alkyl halides is 2. The Bertz CT molecular complexity index is 1640. The number of halogens is 5. The van der Waals surface area contributed by atoms with Crippen LogP contribution in [-0.4, -0.2) is 40.7 Å². The molecule has 2 aromatic carbocycles. The van der Waals surface area contributed by atoms with Crippen LogP contribution in [0.3, 0.4) is 0 Å². The van der Waals surface area contributed by atoms with Crippen LogP contribution in [0.25, 0.3) is 0 Å². The highest BCUT2D eigenvalue weighted by Gasteiger charge is 2.46. The molecule has 8 nitrogen and oxygen atoms in total.